The number of benzene rings is 2. The van der Waals surface area contributed by atoms with Crippen molar-refractivity contribution in [2.45, 2.75) is 71.9 Å². The van der Waals surface area contributed by atoms with Crippen LogP contribution in [0.1, 0.15) is 67.8 Å². The summed E-state index contributed by atoms with van der Waals surface area (Å²) in [7, 11) is -4.17. The molecule has 0 unspecified atom stereocenters. The number of amides is 1. The zero-order chi connectivity index (χ0) is 33.1. The molecule has 242 valence electrons. The molecule has 2 aromatic carbocycles. The lowest BCUT2D eigenvalue weighted by molar-refractivity contribution is 0.0505. The number of rotatable bonds is 7. The van der Waals surface area contributed by atoms with Gasteiger partial charge in [-0.2, -0.15) is 4.98 Å². The number of anilines is 1. The average Bonchev–Trinajstić information content (AvgIpc) is 3.00. The Kier molecular flexibility index (Phi) is 9.57. The van der Waals surface area contributed by atoms with E-state index in [4.69, 9.17) is 9.47 Å². The number of carbonyl (C=O) groups is 1. The van der Waals surface area contributed by atoms with Crippen LogP contribution in [0.3, 0.4) is 0 Å². The van der Waals surface area contributed by atoms with Crippen LogP contribution in [-0.2, 0) is 16.6 Å². The lowest BCUT2D eigenvalue weighted by atomic mass is 9.87. The van der Waals surface area contributed by atoms with Gasteiger partial charge in [0.05, 0.1) is 42.2 Å². The third-order valence-corrected chi connectivity index (χ3v) is 8.82. The van der Waals surface area contributed by atoms with E-state index in [1.165, 1.54) is 12.1 Å². The Morgan fingerprint density at radius 1 is 1.02 bits per heavy atom. The second-order valence-corrected chi connectivity index (χ2v) is 14.3. The van der Waals surface area contributed by atoms with E-state index in [1.807, 2.05) is 39.0 Å². The Balaban J connectivity index is 1.63. The fraction of sp³-hybridized carbons (Fsp3) is 0.382. The first-order valence-electron chi connectivity index (χ1n) is 15.3. The molecule has 0 aliphatic carbocycles. The summed E-state index contributed by atoms with van der Waals surface area (Å²) in [5.41, 5.74) is 3.31. The number of hydrogen-bond acceptors (Lipinski definition) is 9. The maximum atomic E-state index is 14.3. The molecule has 12 heteroatoms. The number of nitrogens with zero attached hydrogens (tertiary/aromatic N) is 5. The summed E-state index contributed by atoms with van der Waals surface area (Å²) in [4.78, 5) is 33.8. The van der Waals surface area contributed by atoms with Gasteiger partial charge in [-0.25, -0.2) is 28.1 Å². The Morgan fingerprint density at radius 2 is 1.72 bits per heavy atom. The van der Waals surface area contributed by atoms with E-state index in [2.05, 4.69) is 45.4 Å². The van der Waals surface area contributed by atoms with Crippen molar-refractivity contribution in [1.82, 2.24) is 24.8 Å². The lowest BCUT2D eigenvalue weighted by Gasteiger charge is -2.35. The number of sulfonamides is 1. The van der Waals surface area contributed by atoms with Crippen LogP contribution in [0, 0.1) is 19.3 Å². The summed E-state index contributed by atoms with van der Waals surface area (Å²) in [6.07, 6.45) is 4.60. The first-order chi connectivity index (χ1) is 21.8. The Hall–Kier alpha value is -4.58. The van der Waals surface area contributed by atoms with Gasteiger partial charge in [0.2, 0.25) is 11.8 Å². The lowest BCUT2D eigenvalue weighted by Crippen LogP contribution is -2.45. The minimum Gasteiger partial charge on any atom is -0.490 e. The van der Waals surface area contributed by atoms with Crippen LogP contribution in [0.25, 0.3) is 11.3 Å². The standard InChI is InChI=1S/C34H40N6O5S/c1-7-14-44-26-18-35-29(36-19-26)20-40-25(17-34(4,5)6)21-45-30-16-28(31-22(2)10-8-11-23(31)3)37-33(38-30)39-46(42,43)27-13-9-12-24(15-27)32(40)41/h8-13,15-16,18-19,25H,7,14,17,20-21H2,1-6H3,(H,37,38,39)/t25-/m1/s1. The normalized spacial score (nSPS) is 16.3. The third-order valence-electron chi connectivity index (χ3n) is 7.50. The van der Waals surface area contributed by atoms with Gasteiger partial charge in [0.1, 0.15) is 12.4 Å². The van der Waals surface area contributed by atoms with Gasteiger partial charge >= 0.3 is 0 Å². The molecule has 4 aromatic rings. The molecule has 1 aliphatic heterocycles. The van der Waals surface area contributed by atoms with E-state index in [0.717, 1.165) is 23.1 Å². The van der Waals surface area contributed by atoms with Crippen molar-refractivity contribution < 1.29 is 22.7 Å². The maximum Gasteiger partial charge on any atom is 0.264 e. The number of aryl methyl sites for hydroxylation is 2. The van der Waals surface area contributed by atoms with Crippen LogP contribution in [-0.4, -0.2) is 58.4 Å². The molecule has 1 atom stereocenters. The van der Waals surface area contributed by atoms with Gasteiger partial charge in [-0.1, -0.05) is 52.0 Å². The van der Waals surface area contributed by atoms with Crippen LogP contribution >= 0.6 is 0 Å². The van der Waals surface area contributed by atoms with Crippen molar-refractivity contribution in [1.29, 1.82) is 0 Å². The molecule has 1 aliphatic rings. The third kappa shape index (κ3) is 7.79. The molecule has 4 bridgehead atoms. The Bertz CT molecular complexity index is 1800. The molecule has 0 fully saturated rings. The topological polar surface area (TPSA) is 136 Å². The summed E-state index contributed by atoms with van der Waals surface area (Å²) in [6.45, 7) is 12.9. The van der Waals surface area contributed by atoms with Crippen LogP contribution in [0.2, 0.25) is 0 Å². The minimum absolute atomic E-state index is 0.0644. The number of carbonyl (C=O) groups excluding carboxylic acids is 1. The van der Waals surface area contributed by atoms with Crippen LogP contribution in [0.5, 0.6) is 11.6 Å². The SMILES string of the molecule is CCCOc1cnc(CN2C(=O)c3cccc(c3)S(=O)(=O)Nc3nc(cc(-c4c(C)cccc4C)n3)OC[C@H]2CC(C)(C)C)nc1. The largest absolute Gasteiger partial charge is 0.490 e. The first-order valence-corrected chi connectivity index (χ1v) is 16.8. The zero-order valence-electron chi connectivity index (χ0n) is 27.1. The predicted molar refractivity (Wildman–Crippen MR) is 175 cm³/mol. The first kappa shape index (κ1) is 32.8. The van der Waals surface area contributed by atoms with E-state index in [-0.39, 0.29) is 46.8 Å². The monoisotopic (exact) mass is 644 g/mol. The molecular formula is C34H40N6O5S. The minimum atomic E-state index is -4.17. The van der Waals surface area contributed by atoms with Gasteiger partial charge in [-0.15, -0.1) is 0 Å². The fourth-order valence-corrected chi connectivity index (χ4v) is 6.41. The highest BCUT2D eigenvalue weighted by Crippen LogP contribution is 2.31. The van der Waals surface area contributed by atoms with Crippen LogP contribution in [0.15, 0.2) is 65.8 Å². The Labute approximate surface area is 270 Å². The second kappa shape index (κ2) is 13.4. The van der Waals surface area contributed by atoms with Crippen molar-refractivity contribution in [2.24, 2.45) is 5.41 Å². The van der Waals surface area contributed by atoms with E-state index in [9.17, 15) is 13.2 Å². The fourth-order valence-electron chi connectivity index (χ4n) is 5.42. The predicted octanol–water partition coefficient (Wildman–Crippen LogP) is 5.98. The summed E-state index contributed by atoms with van der Waals surface area (Å²) in [6, 6.07) is 13.1. The summed E-state index contributed by atoms with van der Waals surface area (Å²) >= 11 is 0. The molecule has 1 amide bonds. The number of hydrogen-bond donors (Lipinski definition) is 1. The molecule has 3 heterocycles. The van der Waals surface area contributed by atoms with Gasteiger partial charge in [0.15, 0.2) is 5.75 Å². The molecule has 5 rings (SSSR count). The average molecular weight is 645 g/mol. The molecule has 46 heavy (non-hydrogen) atoms. The summed E-state index contributed by atoms with van der Waals surface area (Å²) < 4.78 is 41.7. The van der Waals surface area contributed by atoms with E-state index >= 15 is 0 Å². The van der Waals surface area contributed by atoms with Crippen molar-refractivity contribution in [3.8, 4) is 22.9 Å². The number of fused-ring (bicyclic) bond motifs is 4. The molecule has 0 radical (unpaired) electrons. The summed E-state index contributed by atoms with van der Waals surface area (Å²) in [5, 5.41) is 0. The van der Waals surface area contributed by atoms with Crippen molar-refractivity contribution in [3.63, 3.8) is 0 Å². The van der Waals surface area contributed by atoms with Gasteiger partial charge < -0.3 is 14.4 Å². The van der Waals surface area contributed by atoms with Crippen molar-refractivity contribution >= 4 is 21.9 Å². The molecule has 0 spiro atoms. The molecule has 0 saturated carbocycles. The quantitative estimate of drug-likeness (QED) is 0.258. The second-order valence-electron chi connectivity index (χ2n) is 12.7. The van der Waals surface area contributed by atoms with Crippen molar-refractivity contribution in [3.05, 3.63) is 83.4 Å². The molecule has 0 saturated heterocycles. The highest BCUT2D eigenvalue weighted by atomic mass is 32.2. The molecule has 2 aromatic heterocycles. The van der Waals surface area contributed by atoms with Gasteiger partial charge in [0, 0.05) is 17.2 Å². The van der Waals surface area contributed by atoms with E-state index in [1.54, 1.807) is 35.5 Å². The number of aromatic nitrogens is 4. The molecular weight excluding hydrogens is 604 g/mol. The van der Waals surface area contributed by atoms with E-state index in [0.29, 0.717) is 30.3 Å². The van der Waals surface area contributed by atoms with Crippen LogP contribution in [0.4, 0.5) is 5.95 Å². The van der Waals surface area contributed by atoms with Gasteiger partial charge in [0.25, 0.3) is 15.9 Å². The van der Waals surface area contributed by atoms with Gasteiger partial charge in [-0.05, 0) is 61.4 Å². The Morgan fingerprint density at radius 3 is 2.39 bits per heavy atom. The zero-order valence-corrected chi connectivity index (χ0v) is 27.9. The highest BCUT2D eigenvalue weighted by Gasteiger charge is 2.32. The highest BCUT2D eigenvalue weighted by molar-refractivity contribution is 7.92. The maximum absolute atomic E-state index is 14.3. The smallest absolute Gasteiger partial charge is 0.264 e. The number of ether oxygens (including phenoxy) is 2. The molecule has 1 N–H and O–H groups in total. The number of nitrogens with one attached hydrogen (secondary N) is 1. The van der Waals surface area contributed by atoms with Crippen LogP contribution < -0.4 is 14.2 Å². The summed E-state index contributed by atoms with van der Waals surface area (Å²) in [5.74, 6) is 0.622. The van der Waals surface area contributed by atoms with E-state index < -0.39 is 16.1 Å². The van der Waals surface area contributed by atoms with Gasteiger partial charge in [-0.3, -0.25) is 4.79 Å². The molecule has 11 nitrogen and oxygen atoms in total. The van der Waals surface area contributed by atoms with Crippen molar-refractivity contribution in [2.75, 3.05) is 17.9 Å².